The van der Waals surface area contributed by atoms with E-state index in [4.69, 9.17) is 0 Å². The van der Waals surface area contributed by atoms with Crippen molar-refractivity contribution in [1.29, 1.82) is 0 Å². The van der Waals surface area contributed by atoms with Crippen molar-refractivity contribution in [3.8, 4) is 0 Å². The van der Waals surface area contributed by atoms with Crippen LogP contribution in [-0.4, -0.2) is 23.0 Å². The smallest absolute Gasteiger partial charge is 0.0543 e. The molecule has 0 radical (unpaired) electrons. The lowest BCUT2D eigenvalue weighted by atomic mass is 10.2. The van der Waals surface area contributed by atoms with Crippen molar-refractivity contribution in [1.82, 2.24) is 9.88 Å². The normalized spacial score (nSPS) is 13.2. The summed E-state index contributed by atoms with van der Waals surface area (Å²) in [7, 11) is 2.14. The fourth-order valence-corrected chi connectivity index (χ4v) is 1.21. The molecule has 1 heterocycles. The lowest BCUT2D eigenvalue weighted by Crippen LogP contribution is -2.28. The quantitative estimate of drug-likeness (QED) is 0.703. The highest BCUT2D eigenvalue weighted by molar-refractivity contribution is 5.03. The Labute approximate surface area is 80.6 Å². The number of nitrogens with zero attached hydrogens (tertiary/aromatic N) is 2. The number of rotatable bonds is 4. The van der Waals surface area contributed by atoms with Gasteiger partial charge in [0, 0.05) is 18.8 Å². The number of hydrogen-bond acceptors (Lipinski definition) is 2. The maximum Gasteiger partial charge on any atom is 0.0543 e. The summed E-state index contributed by atoms with van der Waals surface area (Å²) >= 11 is 0. The SMILES string of the molecule is CCC(C)N(C)Cc1ccccn1. The molecule has 1 unspecified atom stereocenters. The summed E-state index contributed by atoms with van der Waals surface area (Å²) in [4.78, 5) is 6.62. The van der Waals surface area contributed by atoms with Crippen LogP contribution in [0.15, 0.2) is 24.4 Å². The van der Waals surface area contributed by atoms with Crippen LogP contribution in [0.2, 0.25) is 0 Å². The molecule has 72 valence electrons. The van der Waals surface area contributed by atoms with E-state index in [1.807, 2.05) is 18.3 Å². The van der Waals surface area contributed by atoms with Gasteiger partial charge in [-0.3, -0.25) is 9.88 Å². The van der Waals surface area contributed by atoms with E-state index in [-0.39, 0.29) is 0 Å². The van der Waals surface area contributed by atoms with Crippen LogP contribution >= 0.6 is 0 Å². The fourth-order valence-electron chi connectivity index (χ4n) is 1.21. The van der Waals surface area contributed by atoms with E-state index >= 15 is 0 Å². The Morgan fingerprint density at radius 1 is 1.46 bits per heavy atom. The predicted octanol–water partition coefficient (Wildman–Crippen LogP) is 2.31. The molecule has 2 heteroatoms. The van der Waals surface area contributed by atoms with Crippen LogP contribution in [0.3, 0.4) is 0 Å². The first kappa shape index (κ1) is 10.2. The molecule has 0 aliphatic heterocycles. The van der Waals surface area contributed by atoms with Crippen LogP contribution in [0.5, 0.6) is 0 Å². The third kappa shape index (κ3) is 3.15. The zero-order chi connectivity index (χ0) is 9.68. The van der Waals surface area contributed by atoms with E-state index in [0.717, 1.165) is 12.2 Å². The molecule has 0 aliphatic carbocycles. The van der Waals surface area contributed by atoms with Gasteiger partial charge in [0.1, 0.15) is 0 Å². The molecule has 1 aromatic heterocycles. The lowest BCUT2D eigenvalue weighted by molar-refractivity contribution is 0.241. The number of pyridine rings is 1. The Kier molecular flexibility index (Phi) is 3.90. The lowest BCUT2D eigenvalue weighted by Gasteiger charge is -2.22. The van der Waals surface area contributed by atoms with Crippen LogP contribution in [0, 0.1) is 0 Å². The molecule has 1 rings (SSSR count). The Hall–Kier alpha value is -0.890. The Balaban J connectivity index is 2.50. The number of hydrogen-bond donors (Lipinski definition) is 0. The summed E-state index contributed by atoms with van der Waals surface area (Å²) in [5.41, 5.74) is 1.14. The molecule has 0 N–H and O–H groups in total. The minimum absolute atomic E-state index is 0.627. The van der Waals surface area contributed by atoms with E-state index < -0.39 is 0 Å². The summed E-state index contributed by atoms with van der Waals surface area (Å²) in [6, 6.07) is 6.68. The fraction of sp³-hybridized carbons (Fsp3) is 0.545. The highest BCUT2D eigenvalue weighted by Gasteiger charge is 2.06. The first-order valence-corrected chi connectivity index (χ1v) is 4.84. The van der Waals surface area contributed by atoms with Gasteiger partial charge in [-0.05, 0) is 32.5 Å². The zero-order valence-corrected chi connectivity index (χ0v) is 8.70. The molecule has 0 saturated heterocycles. The van der Waals surface area contributed by atoms with Gasteiger partial charge in [0.05, 0.1) is 5.69 Å². The summed E-state index contributed by atoms with van der Waals surface area (Å²) in [6.45, 7) is 5.39. The topological polar surface area (TPSA) is 16.1 Å². The Morgan fingerprint density at radius 2 is 2.23 bits per heavy atom. The first-order valence-electron chi connectivity index (χ1n) is 4.84. The highest BCUT2D eigenvalue weighted by Crippen LogP contribution is 2.05. The molecule has 0 aliphatic rings. The van der Waals surface area contributed by atoms with E-state index in [1.54, 1.807) is 0 Å². The molecular formula is C11H18N2. The van der Waals surface area contributed by atoms with Crippen molar-refractivity contribution in [3.05, 3.63) is 30.1 Å². The van der Waals surface area contributed by atoms with Crippen LogP contribution in [0.4, 0.5) is 0 Å². The molecule has 13 heavy (non-hydrogen) atoms. The monoisotopic (exact) mass is 178 g/mol. The van der Waals surface area contributed by atoms with Gasteiger partial charge in [0.15, 0.2) is 0 Å². The second-order valence-corrected chi connectivity index (χ2v) is 3.49. The van der Waals surface area contributed by atoms with E-state index in [9.17, 15) is 0 Å². The molecule has 0 spiro atoms. The summed E-state index contributed by atoms with van der Waals surface area (Å²) in [5.74, 6) is 0. The minimum atomic E-state index is 0.627. The molecule has 0 amide bonds. The van der Waals surface area contributed by atoms with Crippen molar-refractivity contribution < 1.29 is 0 Å². The average molecular weight is 178 g/mol. The molecule has 2 nitrogen and oxygen atoms in total. The van der Waals surface area contributed by atoms with E-state index in [0.29, 0.717) is 6.04 Å². The molecule has 0 fully saturated rings. The van der Waals surface area contributed by atoms with Crippen molar-refractivity contribution in [3.63, 3.8) is 0 Å². The van der Waals surface area contributed by atoms with Gasteiger partial charge in [-0.2, -0.15) is 0 Å². The van der Waals surface area contributed by atoms with Gasteiger partial charge in [-0.15, -0.1) is 0 Å². The van der Waals surface area contributed by atoms with Gasteiger partial charge in [0.25, 0.3) is 0 Å². The maximum absolute atomic E-state index is 4.29. The largest absolute Gasteiger partial charge is 0.298 e. The van der Waals surface area contributed by atoms with Crippen molar-refractivity contribution in [2.75, 3.05) is 7.05 Å². The number of aromatic nitrogens is 1. The molecule has 1 aromatic rings. The van der Waals surface area contributed by atoms with Crippen LogP contribution in [0.25, 0.3) is 0 Å². The third-order valence-electron chi connectivity index (χ3n) is 2.48. The summed E-state index contributed by atoms with van der Waals surface area (Å²) < 4.78 is 0. The van der Waals surface area contributed by atoms with Crippen LogP contribution in [-0.2, 0) is 6.54 Å². The van der Waals surface area contributed by atoms with Gasteiger partial charge in [0.2, 0.25) is 0 Å². The molecular weight excluding hydrogens is 160 g/mol. The molecule has 0 bridgehead atoms. The maximum atomic E-state index is 4.29. The van der Waals surface area contributed by atoms with Gasteiger partial charge in [-0.25, -0.2) is 0 Å². The second kappa shape index (κ2) is 4.97. The second-order valence-electron chi connectivity index (χ2n) is 3.49. The van der Waals surface area contributed by atoms with E-state index in [1.165, 1.54) is 6.42 Å². The van der Waals surface area contributed by atoms with Gasteiger partial charge >= 0.3 is 0 Å². The van der Waals surface area contributed by atoms with Crippen molar-refractivity contribution in [2.24, 2.45) is 0 Å². The summed E-state index contributed by atoms with van der Waals surface area (Å²) in [5, 5.41) is 0. The van der Waals surface area contributed by atoms with Gasteiger partial charge in [-0.1, -0.05) is 13.0 Å². The predicted molar refractivity (Wildman–Crippen MR) is 55.5 cm³/mol. The van der Waals surface area contributed by atoms with Crippen molar-refractivity contribution in [2.45, 2.75) is 32.9 Å². The minimum Gasteiger partial charge on any atom is -0.298 e. The van der Waals surface area contributed by atoms with Crippen LogP contribution in [0.1, 0.15) is 26.0 Å². The first-order chi connectivity index (χ1) is 6.24. The van der Waals surface area contributed by atoms with E-state index in [2.05, 4.69) is 36.8 Å². The average Bonchev–Trinajstić information content (AvgIpc) is 2.18. The highest BCUT2D eigenvalue weighted by atomic mass is 15.1. The van der Waals surface area contributed by atoms with Gasteiger partial charge < -0.3 is 0 Å². The Morgan fingerprint density at radius 3 is 2.77 bits per heavy atom. The molecule has 0 aromatic carbocycles. The molecule has 0 saturated carbocycles. The van der Waals surface area contributed by atoms with Crippen LogP contribution < -0.4 is 0 Å². The van der Waals surface area contributed by atoms with Crippen molar-refractivity contribution >= 4 is 0 Å². The summed E-state index contributed by atoms with van der Waals surface area (Å²) in [6.07, 6.45) is 3.03. The Bertz CT molecular complexity index is 233. The molecule has 1 atom stereocenters. The standard InChI is InChI=1S/C11H18N2/c1-4-10(2)13(3)9-11-7-5-6-8-12-11/h5-8,10H,4,9H2,1-3H3. The third-order valence-corrected chi connectivity index (χ3v) is 2.48. The zero-order valence-electron chi connectivity index (χ0n) is 8.70.